The highest BCUT2D eigenvalue weighted by molar-refractivity contribution is 6.04. The molecule has 6 heteroatoms. The highest BCUT2D eigenvalue weighted by Gasteiger charge is 2.19. The summed E-state index contributed by atoms with van der Waals surface area (Å²) in [4.78, 5) is 23.9. The minimum Gasteiger partial charge on any atom is -0.326 e. The predicted molar refractivity (Wildman–Crippen MR) is 95.7 cm³/mol. The predicted octanol–water partition coefficient (Wildman–Crippen LogP) is 3.53. The largest absolute Gasteiger partial charge is 0.326 e. The lowest BCUT2D eigenvalue weighted by Gasteiger charge is -2.21. The van der Waals surface area contributed by atoms with E-state index in [0.29, 0.717) is 24.4 Å². The molecular formula is C19H22N4O2. The zero-order valence-electron chi connectivity index (χ0n) is 14.1. The Bertz CT molecular complexity index is 806. The second kappa shape index (κ2) is 6.70. The molecular weight excluding hydrogens is 316 g/mol. The molecule has 0 atom stereocenters. The summed E-state index contributed by atoms with van der Waals surface area (Å²) in [5.41, 5.74) is 3.21. The molecule has 25 heavy (non-hydrogen) atoms. The van der Waals surface area contributed by atoms with E-state index in [1.54, 1.807) is 6.20 Å². The van der Waals surface area contributed by atoms with Crippen LogP contribution in [0.25, 0.3) is 0 Å². The standard InChI is InChI=1S/C19H22N4O2/c24-18-9-6-13-10-15(7-8-17(13)22-18)21-19(25)14-11-20-23(12-14)16-4-2-1-3-5-16/h7-8,10-12,16H,1-6,9H2,(H,21,25)(H,22,24). The van der Waals surface area contributed by atoms with E-state index in [1.165, 1.54) is 19.3 Å². The van der Waals surface area contributed by atoms with E-state index in [4.69, 9.17) is 0 Å². The van der Waals surface area contributed by atoms with Crippen LogP contribution in [0.2, 0.25) is 0 Å². The zero-order chi connectivity index (χ0) is 17.2. The molecule has 2 aliphatic rings. The van der Waals surface area contributed by atoms with Crippen LogP contribution in [0.3, 0.4) is 0 Å². The number of benzene rings is 1. The Kier molecular flexibility index (Phi) is 4.26. The van der Waals surface area contributed by atoms with E-state index in [9.17, 15) is 9.59 Å². The van der Waals surface area contributed by atoms with Crippen molar-refractivity contribution in [1.82, 2.24) is 9.78 Å². The van der Waals surface area contributed by atoms with Crippen LogP contribution in [0, 0.1) is 0 Å². The number of carbonyl (C=O) groups is 2. The maximum atomic E-state index is 12.5. The summed E-state index contributed by atoms with van der Waals surface area (Å²) in [5, 5.41) is 10.2. The van der Waals surface area contributed by atoms with Crippen LogP contribution >= 0.6 is 0 Å². The summed E-state index contributed by atoms with van der Waals surface area (Å²) < 4.78 is 1.94. The number of anilines is 2. The third-order valence-electron chi connectivity index (χ3n) is 5.07. The molecule has 1 fully saturated rings. The van der Waals surface area contributed by atoms with Crippen molar-refractivity contribution >= 4 is 23.2 Å². The Labute approximate surface area is 146 Å². The van der Waals surface area contributed by atoms with Crippen LogP contribution in [-0.2, 0) is 11.2 Å². The maximum absolute atomic E-state index is 12.5. The van der Waals surface area contributed by atoms with Crippen molar-refractivity contribution < 1.29 is 9.59 Å². The van der Waals surface area contributed by atoms with Gasteiger partial charge in [-0.05, 0) is 43.0 Å². The first-order chi connectivity index (χ1) is 12.2. The minimum atomic E-state index is -0.151. The van der Waals surface area contributed by atoms with Crippen LogP contribution in [0.4, 0.5) is 11.4 Å². The molecule has 0 spiro atoms. The molecule has 1 aliphatic heterocycles. The number of hydrogen-bond donors (Lipinski definition) is 2. The Morgan fingerprint density at radius 1 is 1.20 bits per heavy atom. The van der Waals surface area contributed by atoms with Gasteiger partial charge in [-0.25, -0.2) is 0 Å². The molecule has 1 aliphatic carbocycles. The summed E-state index contributed by atoms with van der Waals surface area (Å²) in [6.45, 7) is 0. The summed E-state index contributed by atoms with van der Waals surface area (Å²) >= 11 is 0. The molecule has 4 rings (SSSR count). The zero-order valence-corrected chi connectivity index (χ0v) is 14.1. The third kappa shape index (κ3) is 3.43. The summed E-state index contributed by atoms with van der Waals surface area (Å²) in [7, 11) is 0. The molecule has 1 saturated carbocycles. The van der Waals surface area contributed by atoms with Crippen LogP contribution < -0.4 is 10.6 Å². The van der Waals surface area contributed by atoms with Crippen molar-refractivity contribution in [2.45, 2.75) is 51.0 Å². The van der Waals surface area contributed by atoms with Crippen molar-refractivity contribution in [1.29, 1.82) is 0 Å². The second-order valence-electron chi connectivity index (χ2n) is 6.88. The molecule has 0 saturated heterocycles. The molecule has 0 bridgehead atoms. The van der Waals surface area contributed by atoms with Crippen LogP contribution in [0.15, 0.2) is 30.6 Å². The number of nitrogens with one attached hydrogen (secondary N) is 2. The molecule has 6 nitrogen and oxygen atoms in total. The summed E-state index contributed by atoms with van der Waals surface area (Å²) in [6, 6.07) is 6.00. The van der Waals surface area contributed by atoms with Gasteiger partial charge in [0.25, 0.3) is 5.91 Å². The highest BCUT2D eigenvalue weighted by Crippen LogP contribution is 2.28. The van der Waals surface area contributed by atoms with E-state index in [-0.39, 0.29) is 11.8 Å². The van der Waals surface area contributed by atoms with Crippen molar-refractivity contribution in [3.8, 4) is 0 Å². The van der Waals surface area contributed by atoms with Gasteiger partial charge in [-0.2, -0.15) is 5.10 Å². The smallest absolute Gasteiger partial charge is 0.258 e. The number of aromatic nitrogens is 2. The van der Waals surface area contributed by atoms with Crippen LogP contribution in [0.5, 0.6) is 0 Å². The molecule has 2 aromatic rings. The first-order valence-electron chi connectivity index (χ1n) is 8.97. The highest BCUT2D eigenvalue weighted by atomic mass is 16.2. The maximum Gasteiger partial charge on any atom is 0.258 e. The van der Waals surface area contributed by atoms with Crippen LogP contribution in [0.1, 0.15) is 60.5 Å². The van der Waals surface area contributed by atoms with Gasteiger partial charge >= 0.3 is 0 Å². The molecule has 1 aromatic carbocycles. The van der Waals surface area contributed by atoms with Crippen molar-refractivity contribution in [3.63, 3.8) is 0 Å². The number of fused-ring (bicyclic) bond motifs is 1. The monoisotopic (exact) mass is 338 g/mol. The van der Waals surface area contributed by atoms with E-state index in [0.717, 1.165) is 29.8 Å². The number of carbonyl (C=O) groups excluding carboxylic acids is 2. The van der Waals surface area contributed by atoms with Gasteiger partial charge in [-0.1, -0.05) is 19.3 Å². The minimum absolute atomic E-state index is 0.0411. The van der Waals surface area contributed by atoms with Gasteiger partial charge in [0.15, 0.2) is 0 Å². The number of nitrogens with zero attached hydrogens (tertiary/aromatic N) is 2. The Morgan fingerprint density at radius 2 is 2.04 bits per heavy atom. The second-order valence-corrected chi connectivity index (χ2v) is 6.88. The van der Waals surface area contributed by atoms with Crippen molar-refractivity contribution in [3.05, 3.63) is 41.7 Å². The molecule has 0 radical (unpaired) electrons. The lowest BCUT2D eigenvalue weighted by atomic mass is 9.96. The van der Waals surface area contributed by atoms with E-state index >= 15 is 0 Å². The van der Waals surface area contributed by atoms with E-state index < -0.39 is 0 Å². The molecule has 2 heterocycles. The molecule has 0 unspecified atom stereocenters. The van der Waals surface area contributed by atoms with Crippen molar-refractivity contribution in [2.75, 3.05) is 10.6 Å². The average Bonchev–Trinajstić information content (AvgIpc) is 3.13. The van der Waals surface area contributed by atoms with E-state index in [1.807, 2.05) is 29.1 Å². The molecule has 2 amide bonds. The van der Waals surface area contributed by atoms with Gasteiger partial charge in [0.1, 0.15) is 0 Å². The third-order valence-corrected chi connectivity index (χ3v) is 5.07. The van der Waals surface area contributed by atoms with Gasteiger partial charge in [0, 0.05) is 24.0 Å². The number of amides is 2. The fourth-order valence-electron chi connectivity index (χ4n) is 3.66. The fraction of sp³-hybridized carbons (Fsp3) is 0.421. The summed E-state index contributed by atoms with van der Waals surface area (Å²) in [5.74, 6) is -0.110. The lowest BCUT2D eigenvalue weighted by molar-refractivity contribution is -0.116. The Morgan fingerprint density at radius 3 is 2.88 bits per heavy atom. The first kappa shape index (κ1) is 15.9. The van der Waals surface area contributed by atoms with Gasteiger partial charge < -0.3 is 10.6 Å². The molecule has 2 N–H and O–H groups in total. The lowest BCUT2D eigenvalue weighted by Crippen LogP contribution is -2.19. The van der Waals surface area contributed by atoms with E-state index in [2.05, 4.69) is 15.7 Å². The Balaban J connectivity index is 1.45. The average molecular weight is 338 g/mol. The quantitative estimate of drug-likeness (QED) is 0.899. The van der Waals surface area contributed by atoms with Gasteiger partial charge in [-0.3, -0.25) is 14.3 Å². The molecule has 130 valence electrons. The number of hydrogen-bond acceptors (Lipinski definition) is 3. The van der Waals surface area contributed by atoms with Crippen molar-refractivity contribution in [2.24, 2.45) is 0 Å². The normalized spacial score (nSPS) is 17.7. The fourth-order valence-corrected chi connectivity index (χ4v) is 3.66. The topological polar surface area (TPSA) is 76.0 Å². The first-order valence-corrected chi connectivity index (χ1v) is 8.97. The van der Waals surface area contributed by atoms with Gasteiger partial charge in [-0.15, -0.1) is 0 Å². The number of rotatable bonds is 3. The SMILES string of the molecule is O=C1CCc2cc(NC(=O)c3cnn(C4CCCCC4)c3)ccc2N1. The number of aryl methyl sites for hydroxylation is 1. The van der Waals surface area contributed by atoms with Gasteiger partial charge in [0.2, 0.25) is 5.91 Å². The van der Waals surface area contributed by atoms with Gasteiger partial charge in [0.05, 0.1) is 17.8 Å². The Hall–Kier alpha value is -2.63. The summed E-state index contributed by atoms with van der Waals surface area (Å²) in [6.07, 6.45) is 10.7. The molecule has 1 aromatic heterocycles. The van der Waals surface area contributed by atoms with Crippen LogP contribution in [-0.4, -0.2) is 21.6 Å².